The van der Waals surface area contributed by atoms with Gasteiger partial charge in [-0.3, -0.25) is 4.55 Å². The molecule has 5 nitrogen and oxygen atoms in total. The lowest BCUT2D eigenvalue weighted by atomic mass is 10.2. The molecule has 0 saturated carbocycles. The lowest BCUT2D eigenvalue weighted by Gasteiger charge is -2.01. The minimum absolute atomic E-state index is 0. The third kappa shape index (κ3) is 4.39. The van der Waals surface area contributed by atoms with E-state index in [0.717, 1.165) is 18.7 Å². The summed E-state index contributed by atoms with van der Waals surface area (Å²) in [6.07, 6.45) is 0. The minimum Gasteiger partial charge on any atom is -0.870 e. The van der Waals surface area contributed by atoms with Gasteiger partial charge in [-0.15, -0.1) is 0 Å². The summed E-state index contributed by atoms with van der Waals surface area (Å²) in [4.78, 5) is -0.0421. The van der Waals surface area contributed by atoms with Gasteiger partial charge in [0.05, 0.1) is 11.4 Å². The molecule has 0 aliphatic carbocycles. The van der Waals surface area contributed by atoms with E-state index in [2.05, 4.69) is 0 Å². The first-order chi connectivity index (χ1) is 6.54. The van der Waals surface area contributed by atoms with Crippen LogP contribution in [0.3, 0.4) is 0 Å². The summed E-state index contributed by atoms with van der Waals surface area (Å²) in [6.45, 7) is 3.68. The van der Waals surface area contributed by atoms with Crippen molar-refractivity contribution in [2.24, 2.45) is 0 Å². The molecule has 0 radical (unpaired) electrons. The Morgan fingerprint density at radius 1 is 1.40 bits per heavy atom. The lowest BCUT2D eigenvalue weighted by molar-refractivity contribution is -0.667. The van der Waals surface area contributed by atoms with Gasteiger partial charge >= 0.3 is 0 Å². The summed E-state index contributed by atoms with van der Waals surface area (Å²) >= 11 is 0. The topological polar surface area (TPSA) is 101 Å². The molecule has 0 fully saturated rings. The van der Waals surface area contributed by atoms with Crippen molar-refractivity contribution < 1.29 is 23.8 Å². The molecule has 1 rings (SSSR count). The van der Waals surface area contributed by atoms with E-state index < -0.39 is 10.1 Å². The van der Waals surface area contributed by atoms with E-state index in [1.807, 2.05) is 18.3 Å². The van der Waals surface area contributed by atoms with E-state index in [-0.39, 0.29) is 10.4 Å². The van der Waals surface area contributed by atoms with Crippen LogP contribution in [0.4, 0.5) is 0 Å². The highest BCUT2D eigenvalue weighted by Gasteiger charge is 2.09. The highest BCUT2D eigenvalue weighted by molar-refractivity contribution is 7.85. The van der Waals surface area contributed by atoms with Crippen LogP contribution >= 0.6 is 0 Å². The molecule has 0 aromatic heterocycles. The Kier molecular flexibility index (Phi) is 5.45. The molecule has 86 valence electrons. The number of rotatable bonds is 4. The Labute approximate surface area is 89.2 Å². The average Bonchev–Trinajstić information content (AvgIpc) is 2.14. The molecule has 6 heteroatoms. The smallest absolute Gasteiger partial charge is 0.294 e. The second-order valence-electron chi connectivity index (χ2n) is 3.02. The largest absolute Gasteiger partial charge is 0.870 e. The van der Waals surface area contributed by atoms with Crippen molar-refractivity contribution in [1.82, 2.24) is 0 Å². The number of quaternary nitrogens is 1. The Hall–Kier alpha value is -0.950. The van der Waals surface area contributed by atoms with Crippen molar-refractivity contribution in [3.8, 4) is 0 Å². The van der Waals surface area contributed by atoms with Gasteiger partial charge in [-0.25, -0.2) is 0 Å². The molecule has 0 heterocycles. The second kappa shape index (κ2) is 5.82. The summed E-state index contributed by atoms with van der Waals surface area (Å²) in [5.41, 5.74) is 0.891. The molecule has 0 unspecified atom stereocenters. The first-order valence-corrected chi connectivity index (χ1v) is 5.86. The van der Waals surface area contributed by atoms with E-state index in [1.54, 1.807) is 6.07 Å². The average molecular weight is 233 g/mol. The Balaban J connectivity index is 0.00000196. The van der Waals surface area contributed by atoms with Gasteiger partial charge in [-0.1, -0.05) is 12.1 Å². The minimum atomic E-state index is -4.06. The lowest BCUT2D eigenvalue weighted by Crippen LogP contribution is -2.81. The van der Waals surface area contributed by atoms with Gasteiger partial charge in [0.2, 0.25) is 0 Å². The zero-order valence-corrected chi connectivity index (χ0v) is 9.24. The Morgan fingerprint density at radius 3 is 2.60 bits per heavy atom. The monoisotopic (exact) mass is 233 g/mol. The van der Waals surface area contributed by atoms with Gasteiger partial charge in [0.1, 0.15) is 6.54 Å². The van der Waals surface area contributed by atoms with E-state index in [0.29, 0.717) is 0 Å². The SMILES string of the molecule is CC[NH2+]Cc1cccc(S(=O)(=O)O)c1.[OH-]. The van der Waals surface area contributed by atoms with Crippen LogP contribution in [0.25, 0.3) is 0 Å². The molecule has 4 N–H and O–H groups in total. The van der Waals surface area contributed by atoms with Crippen LogP contribution in [0.1, 0.15) is 12.5 Å². The molecule has 0 aliphatic heterocycles. The standard InChI is InChI=1S/C9H13NO3S.H2O/c1-2-10-7-8-4-3-5-9(6-8)14(11,12)13;/h3-6,10H,2,7H2,1H3,(H,11,12,13);1H2. The maximum Gasteiger partial charge on any atom is 0.294 e. The molecule has 0 amide bonds. The second-order valence-corrected chi connectivity index (χ2v) is 4.45. The first-order valence-electron chi connectivity index (χ1n) is 4.42. The molecule has 1 aromatic rings. The maximum atomic E-state index is 10.8. The van der Waals surface area contributed by atoms with E-state index in [9.17, 15) is 8.42 Å². The molecular weight excluding hydrogens is 218 g/mol. The van der Waals surface area contributed by atoms with Crippen molar-refractivity contribution in [2.45, 2.75) is 18.4 Å². The summed E-state index contributed by atoms with van der Waals surface area (Å²) in [6, 6.07) is 6.33. The third-order valence-electron chi connectivity index (χ3n) is 1.87. The predicted molar refractivity (Wildman–Crippen MR) is 54.4 cm³/mol. The Morgan fingerprint density at radius 2 is 2.07 bits per heavy atom. The van der Waals surface area contributed by atoms with E-state index in [4.69, 9.17) is 4.55 Å². The van der Waals surface area contributed by atoms with Crippen LogP contribution in [0, 0.1) is 0 Å². The number of hydrogen-bond acceptors (Lipinski definition) is 3. The maximum absolute atomic E-state index is 10.8. The fourth-order valence-corrected chi connectivity index (χ4v) is 1.69. The van der Waals surface area contributed by atoms with Crippen LogP contribution in [-0.4, -0.2) is 25.0 Å². The van der Waals surface area contributed by atoms with Gasteiger partial charge in [-0.05, 0) is 19.1 Å². The molecule has 0 saturated heterocycles. The molecule has 0 bridgehead atoms. The summed E-state index contributed by atoms with van der Waals surface area (Å²) in [5.74, 6) is 0. The van der Waals surface area contributed by atoms with Crippen LogP contribution in [0.5, 0.6) is 0 Å². The van der Waals surface area contributed by atoms with Gasteiger partial charge in [-0.2, -0.15) is 8.42 Å². The Bertz CT molecular complexity index is 402. The molecule has 0 spiro atoms. The number of nitrogens with two attached hydrogens (primary N) is 1. The van der Waals surface area contributed by atoms with E-state index >= 15 is 0 Å². The van der Waals surface area contributed by atoms with Gasteiger partial charge in [0.15, 0.2) is 0 Å². The molecule has 0 aliphatic rings. The fourth-order valence-electron chi connectivity index (χ4n) is 1.14. The zero-order valence-electron chi connectivity index (χ0n) is 8.42. The van der Waals surface area contributed by atoms with Crippen molar-refractivity contribution in [2.75, 3.05) is 6.54 Å². The van der Waals surface area contributed by atoms with Gasteiger partial charge in [0.25, 0.3) is 10.1 Å². The van der Waals surface area contributed by atoms with Gasteiger partial charge in [0, 0.05) is 5.56 Å². The molecule has 1 aromatic carbocycles. The normalized spacial score (nSPS) is 10.8. The van der Waals surface area contributed by atoms with Crippen LogP contribution in [0.15, 0.2) is 29.2 Å². The predicted octanol–water partition coefficient (Wildman–Crippen LogP) is -0.160. The third-order valence-corrected chi connectivity index (χ3v) is 2.71. The summed E-state index contributed by atoms with van der Waals surface area (Å²) in [5, 5.41) is 2.04. The summed E-state index contributed by atoms with van der Waals surface area (Å²) in [7, 11) is -4.06. The molecule has 0 atom stereocenters. The van der Waals surface area contributed by atoms with Crippen molar-refractivity contribution in [3.63, 3.8) is 0 Å². The first kappa shape index (κ1) is 14.1. The molecular formula is C9H15NO4S. The quantitative estimate of drug-likeness (QED) is 0.705. The highest BCUT2D eigenvalue weighted by atomic mass is 32.2. The summed E-state index contributed by atoms with van der Waals surface area (Å²) < 4.78 is 30.4. The van der Waals surface area contributed by atoms with Crippen LogP contribution in [-0.2, 0) is 16.7 Å². The van der Waals surface area contributed by atoms with E-state index in [1.165, 1.54) is 12.1 Å². The zero-order chi connectivity index (χ0) is 10.6. The number of hydrogen-bond donors (Lipinski definition) is 2. The number of benzene rings is 1. The van der Waals surface area contributed by atoms with Crippen molar-refractivity contribution >= 4 is 10.1 Å². The van der Waals surface area contributed by atoms with Crippen molar-refractivity contribution in [1.29, 1.82) is 0 Å². The van der Waals surface area contributed by atoms with Crippen LogP contribution < -0.4 is 5.32 Å². The van der Waals surface area contributed by atoms with Gasteiger partial charge < -0.3 is 10.8 Å². The fraction of sp³-hybridized carbons (Fsp3) is 0.333. The highest BCUT2D eigenvalue weighted by Crippen LogP contribution is 2.09. The van der Waals surface area contributed by atoms with Crippen molar-refractivity contribution in [3.05, 3.63) is 29.8 Å². The molecule has 15 heavy (non-hydrogen) atoms. The van der Waals surface area contributed by atoms with Crippen LogP contribution in [0.2, 0.25) is 0 Å².